The van der Waals surface area contributed by atoms with E-state index >= 15 is 0 Å². The number of aryl methyl sites for hydroxylation is 2. The van der Waals surface area contributed by atoms with Crippen molar-refractivity contribution in [3.8, 4) is 0 Å². The first kappa shape index (κ1) is 15.3. The summed E-state index contributed by atoms with van der Waals surface area (Å²) < 4.78 is 26.0. The summed E-state index contributed by atoms with van der Waals surface area (Å²) in [5.74, 6) is -1.24. The number of carbonyl (C=O) groups is 1. The molecule has 0 spiro atoms. The summed E-state index contributed by atoms with van der Waals surface area (Å²) in [4.78, 5) is 10.8. The highest BCUT2D eigenvalue weighted by Crippen LogP contribution is 2.50. The second-order valence-electron chi connectivity index (χ2n) is 5.58. The Hall–Kier alpha value is -1.08. The van der Waals surface area contributed by atoms with Crippen LogP contribution in [0.25, 0.3) is 0 Å². The van der Waals surface area contributed by atoms with Crippen LogP contribution >= 0.6 is 11.6 Å². The van der Waals surface area contributed by atoms with Gasteiger partial charge in [0.15, 0.2) is 9.84 Å². The third kappa shape index (κ3) is 3.32. The number of hydrogen-bond donors (Lipinski definition) is 1. The van der Waals surface area contributed by atoms with Crippen molar-refractivity contribution in [1.29, 1.82) is 0 Å². The molecule has 112 valence electrons. The van der Waals surface area contributed by atoms with Crippen molar-refractivity contribution in [2.45, 2.75) is 31.9 Å². The minimum Gasteiger partial charge on any atom is -0.481 e. The Morgan fingerprint density at radius 1 is 1.50 bits per heavy atom. The van der Waals surface area contributed by atoms with Crippen LogP contribution in [0, 0.1) is 12.3 Å². The largest absolute Gasteiger partial charge is 0.481 e. The first-order valence-corrected chi connectivity index (χ1v) is 8.44. The predicted octanol–water partition coefficient (Wildman–Crippen LogP) is 1.55. The second kappa shape index (κ2) is 5.04. The highest BCUT2D eigenvalue weighted by molar-refractivity contribution is 7.90. The molecule has 8 heteroatoms. The number of hydrogen-bond acceptors (Lipinski definition) is 4. The highest BCUT2D eigenvalue weighted by atomic mass is 35.5. The van der Waals surface area contributed by atoms with E-state index in [0.717, 1.165) is 0 Å². The molecule has 1 aliphatic rings. The van der Waals surface area contributed by atoms with E-state index in [1.807, 2.05) is 0 Å². The van der Waals surface area contributed by atoms with Gasteiger partial charge in [-0.2, -0.15) is 5.10 Å². The van der Waals surface area contributed by atoms with E-state index in [0.29, 0.717) is 29.3 Å². The van der Waals surface area contributed by atoms with Crippen LogP contribution < -0.4 is 0 Å². The van der Waals surface area contributed by atoms with E-state index in [-0.39, 0.29) is 17.9 Å². The van der Waals surface area contributed by atoms with Gasteiger partial charge in [0.05, 0.1) is 23.6 Å². The van der Waals surface area contributed by atoms with Gasteiger partial charge in [0.1, 0.15) is 5.15 Å². The maximum Gasteiger partial charge on any atom is 0.303 e. The van der Waals surface area contributed by atoms with Crippen LogP contribution in [-0.4, -0.2) is 35.0 Å². The third-order valence-electron chi connectivity index (χ3n) is 3.64. The molecule has 1 heterocycles. The fraction of sp³-hybridized carbons (Fsp3) is 0.667. The number of sulfone groups is 1. The van der Waals surface area contributed by atoms with Crippen LogP contribution in [0.3, 0.4) is 0 Å². The molecule has 1 N–H and O–H groups in total. The van der Waals surface area contributed by atoms with Crippen LogP contribution in [-0.2, 0) is 27.4 Å². The van der Waals surface area contributed by atoms with Gasteiger partial charge in [0.2, 0.25) is 0 Å². The molecule has 0 aromatic carbocycles. The molecule has 1 saturated carbocycles. The van der Waals surface area contributed by atoms with Gasteiger partial charge in [0, 0.05) is 12.6 Å². The van der Waals surface area contributed by atoms with Crippen molar-refractivity contribution in [3.05, 3.63) is 16.4 Å². The van der Waals surface area contributed by atoms with Gasteiger partial charge in [-0.15, -0.1) is 0 Å². The van der Waals surface area contributed by atoms with Crippen LogP contribution in [0.4, 0.5) is 0 Å². The molecule has 0 radical (unpaired) electrons. The normalized spacial score (nSPS) is 17.1. The standard InChI is InChI=1S/C12H17ClN2O4S/c1-8-9(11(13)15(2)14-8)6-20(18,19)7-12(3-4-12)5-10(16)17/h3-7H2,1-2H3,(H,16,17). The highest BCUT2D eigenvalue weighted by Gasteiger charge is 2.47. The van der Waals surface area contributed by atoms with Gasteiger partial charge in [-0.3, -0.25) is 9.48 Å². The minimum atomic E-state index is -3.41. The van der Waals surface area contributed by atoms with Crippen molar-refractivity contribution in [2.24, 2.45) is 12.5 Å². The van der Waals surface area contributed by atoms with Crippen molar-refractivity contribution >= 4 is 27.4 Å². The van der Waals surface area contributed by atoms with E-state index in [1.165, 1.54) is 4.68 Å². The molecule has 6 nitrogen and oxygen atoms in total. The lowest BCUT2D eigenvalue weighted by Crippen LogP contribution is -2.21. The fourth-order valence-corrected chi connectivity index (χ4v) is 4.98. The maximum absolute atomic E-state index is 12.3. The van der Waals surface area contributed by atoms with Crippen molar-refractivity contribution < 1.29 is 18.3 Å². The number of aliphatic carboxylic acids is 1. The van der Waals surface area contributed by atoms with Crippen molar-refractivity contribution in [2.75, 3.05) is 5.75 Å². The number of halogens is 1. The molecule has 20 heavy (non-hydrogen) atoms. The average Bonchev–Trinajstić information content (AvgIpc) is 2.96. The first-order valence-electron chi connectivity index (χ1n) is 6.24. The molecular weight excluding hydrogens is 304 g/mol. The monoisotopic (exact) mass is 320 g/mol. The summed E-state index contributed by atoms with van der Waals surface area (Å²) >= 11 is 6.03. The van der Waals surface area contributed by atoms with E-state index in [2.05, 4.69) is 5.10 Å². The van der Waals surface area contributed by atoms with Gasteiger partial charge in [-0.05, 0) is 25.2 Å². The molecule has 0 aliphatic heterocycles. The van der Waals surface area contributed by atoms with E-state index in [9.17, 15) is 13.2 Å². The number of aromatic nitrogens is 2. The zero-order valence-electron chi connectivity index (χ0n) is 11.4. The summed E-state index contributed by atoms with van der Waals surface area (Å²) in [5, 5.41) is 13.2. The zero-order chi connectivity index (χ0) is 15.1. The molecule has 0 atom stereocenters. The van der Waals surface area contributed by atoms with Crippen LogP contribution in [0.15, 0.2) is 0 Å². The van der Waals surface area contributed by atoms with Crippen LogP contribution in [0.2, 0.25) is 5.15 Å². The first-order chi connectivity index (χ1) is 9.14. The predicted molar refractivity (Wildman–Crippen MR) is 74.4 cm³/mol. The average molecular weight is 321 g/mol. The fourth-order valence-electron chi connectivity index (χ4n) is 2.45. The zero-order valence-corrected chi connectivity index (χ0v) is 13.0. The summed E-state index contributed by atoms with van der Waals surface area (Å²) in [6.07, 6.45) is 1.21. The van der Waals surface area contributed by atoms with Gasteiger partial charge in [0.25, 0.3) is 0 Å². The Morgan fingerprint density at radius 2 is 2.10 bits per heavy atom. The Kier molecular flexibility index (Phi) is 3.85. The second-order valence-corrected chi connectivity index (χ2v) is 8.00. The van der Waals surface area contributed by atoms with E-state index < -0.39 is 21.2 Å². The Bertz CT molecular complexity index is 647. The van der Waals surface area contributed by atoms with Gasteiger partial charge in [-0.1, -0.05) is 11.6 Å². The molecule has 1 aliphatic carbocycles. The van der Waals surface area contributed by atoms with Gasteiger partial charge in [-0.25, -0.2) is 8.42 Å². The minimum absolute atomic E-state index is 0.0913. The van der Waals surface area contributed by atoms with E-state index in [1.54, 1.807) is 14.0 Å². The molecule has 1 aromatic heterocycles. The molecule has 0 saturated heterocycles. The Labute approximate surface area is 122 Å². The summed E-state index contributed by atoms with van der Waals surface area (Å²) in [7, 11) is -1.76. The van der Waals surface area contributed by atoms with Gasteiger partial charge >= 0.3 is 5.97 Å². The summed E-state index contributed by atoms with van der Waals surface area (Å²) in [6, 6.07) is 0. The van der Waals surface area contributed by atoms with Crippen molar-refractivity contribution in [1.82, 2.24) is 9.78 Å². The quantitative estimate of drug-likeness (QED) is 0.859. The molecule has 0 unspecified atom stereocenters. The summed E-state index contributed by atoms with van der Waals surface area (Å²) in [5.41, 5.74) is 0.511. The Morgan fingerprint density at radius 3 is 2.50 bits per heavy atom. The number of nitrogens with zero attached hydrogens (tertiary/aromatic N) is 2. The smallest absolute Gasteiger partial charge is 0.303 e. The molecule has 1 aromatic rings. The third-order valence-corrected chi connectivity index (χ3v) is 5.90. The molecular formula is C12H17ClN2O4S. The SMILES string of the molecule is Cc1nn(C)c(Cl)c1CS(=O)(=O)CC1(CC(=O)O)CC1. The number of carboxylic acids is 1. The van der Waals surface area contributed by atoms with Gasteiger partial charge < -0.3 is 5.11 Å². The lowest BCUT2D eigenvalue weighted by atomic mass is 10.1. The Balaban J connectivity index is 2.14. The van der Waals surface area contributed by atoms with Crippen LogP contribution in [0.5, 0.6) is 0 Å². The lowest BCUT2D eigenvalue weighted by Gasteiger charge is -2.12. The summed E-state index contributed by atoms with van der Waals surface area (Å²) in [6.45, 7) is 1.71. The van der Waals surface area contributed by atoms with Crippen LogP contribution in [0.1, 0.15) is 30.5 Å². The molecule has 1 fully saturated rings. The van der Waals surface area contributed by atoms with E-state index in [4.69, 9.17) is 16.7 Å². The molecule has 2 rings (SSSR count). The van der Waals surface area contributed by atoms with Crippen molar-refractivity contribution in [3.63, 3.8) is 0 Å². The molecule has 0 amide bonds. The number of carboxylic acid groups (broad SMARTS) is 1. The topological polar surface area (TPSA) is 89.3 Å². The lowest BCUT2D eigenvalue weighted by molar-refractivity contribution is -0.138. The number of rotatable bonds is 6. The maximum atomic E-state index is 12.3. The molecule has 0 bridgehead atoms.